The van der Waals surface area contributed by atoms with Crippen molar-refractivity contribution in [3.63, 3.8) is 0 Å². The van der Waals surface area contributed by atoms with Gasteiger partial charge in [0.05, 0.1) is 0 Å². The second-order valence-electron chi connectivity index (χ2n) is 4.54. The number of nitrogens with one attached hydrogen (secondary N) is 1. The van der Waals surface area contributed by atoms with Crippen LogP contribution in [0.1, 0.15) is 44.2 Å². The van der Waals surface area contributed by atoms with Gasteiger partial charge in [-0.15, -0.1) is 0 Å². The van der Waals surface area contributed by atoms with E-state index >= 15 is 0 Å². The van der Waals surface area contributed by atoms with Crippen LogP contribution < -0.4 is 5.32 Å². The fourth-order valence-corrected chi connectivity index (χ4v) is 2.16. The molecule has 1 aromatic rings. The Morgan fingerprint density at radius 3 is 2.69 bits per heavy atom. The summed E-state index contributed by atoms with van der Waals surface area (Å²) in [6.45, 7) is 7.70. The normalized spacial score (nSPS) is 12.7. The van der Waals surface area contributed by atoms with Crippen LogP contribution in [0, 0.1) is 6.92 Å². The molecule has 1 rings (SSSR count). The quantitative estimate of drug-likeness (QED) is 0.737. The van der Waals surface area contributed by atoms with Gasteiger partial charge >= 0.3 is 0 Å². The van der Waals surface area contributed by atoms with Crippen molar-refractivity contribution < 1.29 is 0 Å². The molecule has 0 spiro atoms. The fourth-order valence-electron chi connectivity index (χ4n) is 2.16. The van der Waals surface area contributed by atoms with Gasteiger partial charge in [0.2, 0.25) is 0 Å². The van der Waals surface area contributed by atoms with Crippen LogP contribution in [0.3, 0.4) is 0 Å². The molecule has 0 amide bonds. The Balaban J connectivity index is 2.29. The Kier molecular flexibility index (Phi) is 6.17. The van der Waals surface area contributed by atoms with Gasteiger partial charge in [-0.05, 0) is 44.7 Å². The van der Waals surface area contributed by atoms with Crippen LogP contribution in [0.5, 0.6) is 0 Å². The first-order valence-electron chi connectivity index (χ1n) is 6.55. The highest BCUT2D eigenvalue weighted by Crippen LogP contribution is 2.10. The second-order valence-corrected chi connectivity index (χ2v) is 4.54. The third-order valence-electron chi connectivity index (χ3n) is 3.09. The molecule has 1 unspecified atom stereocenters. The number of hydrogen-bond acceptors (Lipinski definition) is 1. The SMILES string of the molecule is CCNC(CC)CCCc1cccc(C)c1. The summed E-state index contributed by atoms with van der Waals surface area (Å²) < 4.78 is 0. The molecule has 0 aliphatic carbocycles. The molecule has 16 heavy (non-hydrogen) atoms. The summed E-state index contributed by atoms with van der Waals surface area (Å²) in [7, 11) is 0. The number of rotatable bonds is 7. The Bertz CT molecular complexity index is 293. The van der Waals surface area contributed by atoms with Crippen LogP contribution in [0.2, 0.25) is 0 Å². The maximum atomic E-state index is 3.53. The van der Waals surface area contributed by atoms with E-state index in [2.05, 4.69) is 50.4 Å². The van der Waals surface area contributed by atoms with E-state index in [1.165, 1.54) is 36.8 Å². The lowest BCUT2D eigenvalue weighted by molar-refractivity contribution is 0.467. The Labute approximate surface area is 100 Å². The molecular formula is C15H25N. The predicted molar refractivity (Wildman–Crippen MR) is 71.9 cm³/mol. The Morgan fingerprint density at radius 1 is 1.25 bits per heavy atom. The van der Waals surface area contributed by atoms with E-state index in [0.717, 1.165) is 6.54 Å². The summed E-state index contributed by atoms with van der Waals surface area (Å²) in [5.74, 6) is 0. The van der Waals surface area contributed by atoms with E-state index in [1.54, 1.807) is 0 Å². The third-order valence-corrected chi connectivity index (χ3v) is 3.09. The topological polar surface area (TPSA) is 12.0 Å². The fraction of sp³-hybridized carbons (Fsp3) is 0.600. The van der Waals surface area contributed by atoms with Gasteiger partial charge in [-0.3, -0.25) is 0 Å². The summed E-state index contributed by atoms with van der Waals surface area (Å²) in [5.41, 5.74) is 2.85. The van der Waals surface area contributed by atoms with Crippen molar-refractivity contribution in [3.8, 4) is 0 Å². The molecular weight excluding hydrogens is 194 g/mol. The lowest BCUT2D eigenvalue weighted by Gasteiger charge is -2.15. The van der Waals surface area contributed by atoms with E-state index < -0.39 is 0 Å². The van der Waals surface area contributed by atoms with Gasteiger partial charge in [-0.2, -0.15) is 0 Å². The molecule has 0 aliphatic rings. The summed E-state index contributed by atoms with van der Waals surface area (Å²) in [5, 5.41) is 3.53. The maximum absolute atomic E-state index is 3.53. The van der Waals surface area contributed by atoms with Crippen LogP contribution in [0.15, 0.2) is 24.3 Å². The highest BCUT2D eigenvalue weighted by Gasteiger charge is 2.03. The molecule has 1 N–H and O–H groups in total. The minimum Gasteiger partial charge on any atom is -0.314 e. The molecule has 0 bridgehead atoms. The molecule has 0 heterocycles. The van der Waals surface area contributed by atoms with Crippen molar-refractivity contribution in [2.75, 3.05) is 6.54 Å². The average molecular weight is 219 g/mol. The van der Waals surface area contributed by atoms with Crippen LogP contribution in [-0.2, 0) is 6.42 Å². The standard InChI is InChI=1S/C15H25N/c1-4-15(16-5-2)11-7-10-14-9-6-8-13(3)12-14/h6,8-9,12,15-16H,4-5,7,10-11H2,1-3H3. The van der Waals surface area contributed by atoms with E-state index in [1.807, 2.05) is 0 Å². The highest BCUT2D eigenvalue weighted by atomic mass is 14.9. The number of benzene rings is 1. The minimum atomic E-state index is 0.704. The van der Waals surface area contributed by atoms with Gasteiger partial charge in [-0.1, -0.05) is 43.7 Å². The minimum absolute atomic E-state index is 0.704. The molecule has 0 fully saturated rings. The van der Waals surface area contributed by atoms with E-state index in [0.29, 0.717) is 6.04 Å². The van der Waals surface area contributed by atoms with Crippen molar-refractivity contribution in [1.29, 1.82) is 0 Å². The molecule has 0 saturated carbocycles. The zero-order valence-electron chi connectivity index (χ0n) is 10.9. The van der Waals surface area contributed by atoms with Crippen molar-refractivity contribution in [1.82, 2.24) is 5.32 Å². The lowest BCUT2D eigenvalue weighted by atomic mass is 10.0. The van der Waals surface area contributed by atoms with Gasteiger partial charge in [0, 0.05) is 6.04 Å². The van der Waals surface area contributed by atoms with Gasteiger partial charge in [0.1, 0.15) is 0 Å². The summed E-state index contributed by atoms with van der Waals surface area (Å²) in [6, 6.07) is 9.56. The monoisotopic (exact) mass is 219 g/mol. The highest BCUT2D eigenvalue weighted by molar-refractivity contribution is 5.22. The van der Waals surface area contributed by atoms with Crippen molar-refractivity contribution in [2.24, 2.45) is 0 Å². The lowest BCUT2D eigenvalue weighted by Crippen LogP contribution is -2.27. The summed E-state index contributed by atoms with van der Waals surface area (Å²) >= 11 is 0. The van der Waals surface area contributed by atoms with Gasteiger partial charge in [-0.25, -0.2) is 0 Å². The number of aryl methyl sites for hydroxylation is 2. The van der Waals surface area contributed by atoms with Crippen LogP contribution >= 0.6 is 0 Å². The summed E-state index contributed by atoms with van der Waals surface area (Å²) in [4.78, 5) is 0. The van der Waals surface area contributed by atoms with E-state index in [-0.39, 0.29) is 0 Å². The number of hydrogen-bond donors (Lipinski definition) is 1. The molecule has 1 atom stereocenters. The van der Waals surface area contributed by atoms with E-state index in [9.17, 15) is 0 Å². The average Bonchev–Trinajstić information content (AvgIpc) is 2.28. The first-order chi connectivity index (χ1) is 7.76. The molecule has 0 saturated heterocycles. The zero-order valence-corrected chi connectivity index (χ0v) is 10.9. The molecule has 0 aromatic heterocycles. The molecule has 1 nitrogen and oxygen atoms in total. The summed E-state index contributed by atoms with van der Waals surface area (Å²) in [6.07, 6.45) is 5.03. The van der Waals surface area contributed by atoms with Crippen molar-refractivity contribution in [2.45, 2.75) is 52.5 Å². The Hall–Kier alpha value is -0.820. The molecule has 1 aromatic carbocycles. The smallest absolute Gasteiger partial charge is 0.00644 e. The molecule has 0 aliphatic heterocycles. The van der Waals surface area contributed by atoms with E-state index in [4.69, 9.17) is 0 Å². The first kappa shape index (κ1) is 13.2. The van der Waals surface area contributed by atoms with Crippen molar-refractivity contribution >= 4 is 0 Å². The second kappa shape index (κ2) is 7.45. The zero-order chi connectivity index (χ0) is 11.8. The predicted octanol–water partition coefficient (Wildman–Crippen LogP) is 3.71. The van der Waals surface area contributed by atoms with Gasteiger partial charge < -0.3 is 5.32 Å². The van der Waals surface area contributed by atoms with Crippen LogP contribution in [0.25, 0.3) is 0 Å². The van der Waals surface area contributed by atoms with Gasteiger partial charge in [0.25, 0.3) is 0 Å². The molecule has 0 radical (unpaired) electrons. The van der Waals surface area contributed by atoms with Crippen LogP contribution in [-0.4, -0.2) is 12.6 Å². The molecule has 90 valence electrons. The largest absolute Gasteiger partial charge is 0.314 e. The van der Waals surface area contributed by atoms with Gasteiger partial charge in [0.15, 0.2) is 0 Å². The first-order valence-corrected chi connectivity index (χ1v) is 6.55. The third kappa shape index (κ3) is 4.80. The maximum Gasteiger partial charge on any atom is 0.00644 e. The van der Waals surface area contributed by atoms with Crippen LogP contribution in [0.4, 0.5) is 0 Å². The van der Waals surface area contributed by atoms with Crippen molar-refractivity contribution in [3.05, 3.63) is 35.4 Å². The molecule has 1 heteroatoms. The Morgan fingerprint density at radius 2 is 2.06 bits per heavy atom.